The summed E-state index contributed by atoms with van der Waals surface area (Å²) in [5, 5.41) is 0.457. The van der Waals surface area contributed by atoms with E-state index in [1.165, 1.54) is 0 Å². The van der Waals surface area contributed by atoms with Gasteiger partial charge in [-0.15, -0.1) is 0 Å². The smallest absolute Gasteiger partial charge is 0.290 e. The van der Waals surface area contributed by atoms with Gasteiger partial charge in [0.05, 0.1) is 23.6 Å². The van der Waals surface area contributed by atoms with Crippen LogP contribution in [-0.4, -0.2) is 24.0 Å². The van der Waals surface area contributed by atoms with Crippen molar-refractivity contribution >= 4 is 32.8 Å². The predicted octanol–water partition coefficient (Wildman–Crippen LogP) is 6.13. The molecule has 0 bridgehead atoms. The summed E-state index contributed by atoms with van der Waals surface area (Å²) in [4.78, 5) is 28.9. The van der Waals surface area contributed by atoms with Crippen molar-refractivity contribution in [3.05, 3.63) is 110 Å². The van der Waals surface area contributed by atoms with Crippen LogP contribution < -0.4 is 10.2 Å². The molecule has 0 fully saturated rings. The molecule has 1 atom stereocenters. The molecular weight excluding hydrogens is 494 g/mol. The molecular formula is C28H24BrNO4. The first-order valence-electron chi connectivity index (χ1n) is 11.4. The van der Waals surface area contributed by atoms with Crippen molar-refractivity contribution in [2.45, 2.75) is 25.8 Å². The van der Waals surface area contributed by atoms with E-state index in [-0.39, 0.29) is 17.1 Å². The van der Waals surface area contributed by atoms with Crippen LogP contribution in [0.1, 0.15) is 46.6 Å². The van der Waals surface area contributed by atoms with Gasteiger partial charge in [-0.3, -0.25) is 9.59 Å². The summed E-state index contributed by atoms with van der Waals surface area (Å²) in [6.07, 6.45) is 1.59. The number of benzene rings is 3. The zero-order valence-electron chi connectivity index (χ0n) is 18.8. The molecule has 1 aromatic heterocycles. The molecule has 1 aliphatic rings. The molecule has 3 aromatic carbocycles. The molecule has 0 saturated carbocycles. The topological polar surface area (TPSA) is 59.8 Å². The van der Waals surface area contributed by atoms with Crippen LogP contribution in [0, 0.1) is 0 Å². The Hall–Kier alpha value is -3.38. The van der Waals surface area contributed by atoms with Gasteiger partial charge in [0.1, 0.15) is 11.3 Å². The quantitative estimate of drug-likeness (QED) is 0.295. The second-order valence-electron chi connectivity index (χ2n) is 8.37. The van der Waals surface area contributed by atoms with Crippen molar-refractivity contribution in [1.29, 1.82) is 0 Å². The fourth-order valence-corrected chi connectivity index (χ4v) is 4.79. The lowest BCUT2D eigenvalue weighted by molar-refractivity contribution is 0.0730. The second-order valence-corrected chi connectivity index (χ2v) is 9.28. The van der Waals surface area contributed by atoms with Crippen molar-refractivity contribution in [1.82, 2.24) is 4.90 Å². The Morgan fingerprint density at radius 1 is 1.00 bits per heavy atom. The number of rotatable bonds is 7. The lowest BCUT2D eigenvalue weighted by Gasteiger charge is -2.25. The summed E-state index contributed by atoms with van der Waals surface area (Å²) in [6.45, 7) is 3.16. The van der Waals surface area contributed by atoms with E-state index in [9.17, 15) is 9.59 Å². The Morgan fingerprint density at radius 2 is 1.76 bits per heavy atom. The molecule has 1 aliphatic heterocycles. The van der Waals surface area contributed by atoms with E-state index in [1.54, 1.807) is 23.1 Å². The number of halogens is 1. The number of fused-ring (bicyclic) bond motifs is 2. The van der Waals surface area contributed by atoms with Gasteiger partial charge in [-0.25, -0.2) is 0 Å². The van der Waals surface area contributed by atoms with Gasteiger partial charge in [0.25, 0.3) is 5.91 Å². The van der Waals surface area contributed by atoms with E-state index in [1.807, 2.05) is 54.6 Å². The Balaban J connectivity index is 1.60. The largest absolute Gasteiger partial charge is 0.494 e. The maximum absolute atomic E-state index is 13.6. The fraction of sp³-hybridized carbons (Fsp3) is 0.214. The van der Waals surface area contributed by atoms with Crippen LogP contribution in [0.4, 0.5) is 0 Å². The molecule has 5 rings (SSSR count). The number of hydrogen-bond donors (Lipinski definition) is 0. The zero-order chi connectivity index (χ0) is 23.7. The molecule has 172 valence electrons. The molecule has 5 nitrogen and oxygen atoms in total. The zero-order valence-corrected chi connectivity index (χ0v) is 20.4. The van der Waals surface area contributed by atoms with E-state index in [0.29, 0.717) is 36.1 Å². The molecule has 4 aromatic rings. The van der Waals surface area contributed by atoms with Gasteiger partial charge in [-0.05, 0) is 54.3 Å². The van der Waals surface area contributed by atoms with E-state index >= 15 is 0 Å². The summed E-state index contributed by atoms with van der Waals surface area (Å²) >= 11 is 3.44. The highest BCUT2D eigenvalue weighted by atomic mass is 79.9. The Kier molecular flexibility index (Phi) is 6.24. The molecule has 6 heteroatoms. The van der Waals surface area contributed by atoms with Gasteiger partial charge in [-0.1, -0.05) is 65.3 Å². The number of nitrogens with zero attached hydrogens (tertiary/aromatic N) is 1. The van der Waals surface area contributed by atoms with Gasteiger partial charge < -0.3 is 14.1 Å². The molecule has 0 spiro atoms. The van der Waals surface area contributed by atoms with Gasteiger partial charge in [-0.2, -0.15) is 0 Å². The van der Waals surface area contributed by atoms with Crippen LogP contribution in [0.15, 0.2) is 86.5 Å². The lowest BCUT2D eigenvalue weighted by Crippen LogP contribution is -2.31. The number of ether oxygens (including phenoxy) is 1. The van der Waals surface area contributed by atoms with Crippen molar-refractivity contribution < 1.29 is 13.9 Å². The van der Waals surface area contributed by atoms with Gasteiger partial charge in [0, 0.05) is 11.0 Å². The standard InChI is InChI=1S/C28H24BrNO4/c1-2-16-33-21-11-8-19(9-12-21)25-24-26(31)22-17-20(29)10-13-23(22)34-27(24)28(32)30(25)15-14-18-6-4-3-5-7-18/h3-13,17,25H,2,14-16H2,1H3. The molecule has 0 N–H and O–H groups in total. The number of amides is 1. The predicted molar refractivity (Wildman–Crippen MR) is 135 cm³/mol. The van der Waals surface area contributed by atoms with Crippen molar-refractivity contribution in [2.75, 3.05) is 13.2 Å². The maximum atomic E-state index is 13.6. The van der Waals surface area contributed by atoms with Crippen molar-refractivity contribution in [2.24, 2.45) is 0 Å². The minimum atomic E-state index is -0.522. The Labute approximate surface area is 206 Å². The highest BCUT2D eigenvalue weighted by molar-refractivity contribution is 9.10. The first-order chi connectivity index (χ1) is 16.6. The summed E-state index contributed by atoms with van der Waals surface area (Å²) in [6, 6.07) is 22.4. The van der Waals surface area contributed by atoms with Crippen LogP contribution in [0.2, 0.25) is 0 Å². The SMILES string of the molecule is CCCOc1ccc(C2c3c(oc4ccc(Br)cc4c3=O)C(=O)N2CCc2ccccc2)cc1. The van der Waals surface area contributed by atoms with E-state index < -0.39 is 6.04 Å². The normalized spacial score (nSPS) is 15.1. The van der Waals surface area contributed by atoms with Crippen LogP contribution in [0.5, 0.6) is 5.75 Å². The average molecular weight is 518 g/mol. The number of hydrogen-bond acceptors (Lipinski definition) is 4. The number of carbonyl (C=O) groups is 1. The molecule has 34 heavy (non-hydrogen) atoms. The van der Waals surface area contributed by atoms with Crippen LogP contribution in [0.25, 0.3) is 11.0 Å². The van der Waals surface area contributed by atoms with Gasteiger partial charge >= 0.3 is 0 Å². The van der Waals surface area contributed by atoms with Crippen LogP contribution in [0.3, 0.4) is 0 Å². The molecule has 0 radical (unpaired) electrons. The molecule has 1 amide bonds. The van der Waals surface area contributed by atoms with Crippen molar-refractivity contribution in [3.63, 3.8) is 0 Å². The lowest BCUT2D eigenvalue weighted by atomic mass is 9.98. The first kappa shape index (κ1) is 22.4. The second kappa shape index (κ2) is 9.47. The van der Waals surface area contributed by atoms with Crippen molar-refractivity contribution in [3.8, 4) is 5.75 Å². The first-order valence-corrected chi connectivity index (χ1v) is 12.2. The third-order valence-corrected chi connectivity index (χ3v) is 6.57. The summed E-state index contributed by atoms with van der Waals surface area (Å²) in [5.41, 5.74) is 2.61. The third kappa shape index (κ3) is 4.14. The van der Waals surface area contributed by atoms with Crippen LogP contribution in [-0.2, 0) is 6.42 Å². The molecule has 1 unspecified atom stereocenters. The minimum Gasteiger partial charge on any atom is -0.494 e. The Bertz CT molecular complexity index is 1400. The molecule has 0 aliphatic carbocycles. The van der Waals surface area contributed by atoms with Gasteiger partial charge in [0.15, 0.2) is 5.43 Å². The molecule has 2 heterocycles. The fourth-order valence-electron chi connectivity index (χ4n) is 4.43. The van der Waals surface area contributed by atoms with E-state index in [0.717, 1.165) is 27.8 Å². The Morgan fingerprint density at radius 3 is 2.50 bits per heavy atom. The average Bonchev–Trinajstić information content (AvgIpc) is 3.14. The van der Waals surface area contributed by atoms with E-state index in [2.05, 4.69) is 22.9 Å². The number of carbonyl (C=O) groups excluding carboxylic acids is 1. The summed E-state index contributed by atoms with van der Waals surface area (Å²) in [7, 11) is 0. The summed E-state index contributed by atoms with van der Waals surface area (Å²) < 4.78 is 12.5. The third-order valence-electron chi connectivity index (χ3n) is 6.08. The van der Waals surface area contributed by atoms with Crippen LogP contribution >= 0.6 is 15.9 Å². The highest BCUT2D eigenvalue weighted by Gasteiger charge is 2.42. The molecule has 0 saturated heterocycles. The highest BCUT2D eigenvalue weighted by Crippen LogP contribution is 2.39. The van der Waals surface area contributed by atoms with E-state index in [4.69, 9.17) is 9.15 Å². The monoisotopic (exact) mass is 517 g/mol. The summed E-state index contributed by atoms with van der Waals surface area (Å²) in [5.74, 6) is 0.633. The van der Waals surface area contributed by atoms with Gasteiger partial charge in [0.2, 0.25) is 5.76 Å². The minimum absolute atomic E-state index is 0.129. The maximum Gasteiger partial charge on any atom is 0.290 e.